The molecule has 2 aliphatic carbocycles. The van der Waals surface area contributed by atoms with Crippen LogP contribution in [0.1, 0.15) is 28.3 Å². The molecule has 1 aromatic heterocycles. The molecule has 8 heteroatoms. The monoisotopic (exact) mass is 504 g/mol. The van der Waals surface area contributed by atoms with Crippen LogP contribution in [-0.4, -0.2) is 29.2 Å². The summed E-state index contributed by atoms with van der Waals surface area (Å²) < 4.78 is 5.74. The first-order chi connectivity index (χ1) is 17.0. The molecule has 178 valence electrons. The molecule has 7 rings (SSSR count). The average molecular weight is 505 g/mol. The number of ether oxygens (including phenoxy) is 1. The van der Waals surface area contributed by atoms with Gasteiger partial charge in [0.25, 0.3) is 0 Å². The molecule has 7 atom stereocenters. The van der Waals surface area contributed by atoms with E-state index in [0.29, 0.717) is 5.69 Å². The van der Waals surface area contributed by atoms with Crippen LogP contribution < -0.4 is 14.5 Å². The number of hydrogen-bond donors (Lipinski definition) is 1. The molecule has 0 spiro atoms. The number of aryl methyl sites for hydroxylation is 1. The largest absolute Gasteiger partial charge is 0.496 e. The number of methoxy groups -OCH3 is 1. The number of H-pyrrole nitrogens is 1. The number of rotatable bonds is 3. The van der Waals surface area contributed by atoms with Gasteiger partial charge < -0.3 is 9.72 Å². The number of hydrogen-bond acceptors (Lipinski definition) is 6. The molecule has 3 heterocycles. The Morgan fingerprint density at radius 1 is 0.971 bits per heavy atom. The zero-order valence-electron chi connectivity index (χ0n) is 19.3. The molecule has 4 aliphatic rings. The summed E-state index contributed by atoms with van der Waals surface area (Å²) >= 11 is 2.97. The number of thioether (sulfide) groups is 1. The fourth-order valence-corrected chi connectivity index (χ4v) is 10.1. The van der Waals surface area contributed by atoms with Crippen LogP contribution in [0.3, 0.4) is 0 Å². The summed E-state index contributed by atoms with van der Waals surface area (Å²) in [5.41, 5.74) is 2.81. The maximum atomic E-state index is 13.8. The first kappa shape index (κ1) is 21.4. The number of thiazole rings is 1. The van der Waals surface area contributed by atoms with Gasteiger partial charge in [0.15, 0.2) is 0 Å². The van der Waals surface area contributed by atoms with Crippen LogP contribution >= 0.6 is 23.1 Å². The maximum Gasteiger partial charge on any atom is 0.305 e. The number of aromatic amines is 1. The van der Waals surface area contributed by atoms with E-state index in [4.69, 9.17) is 4.74 Å². The standard InChI is InChI=1S/C27H24N2O4S2/c1-12-7-9-13(10-8-12)29-25(30)20-15-11-16(21(20)26(29)31)22-19(15)18(14-5-3-4-6-17(14)33-2)23-24(34-22)28-27(32)35-23/h3-10,15-16,18-22H,11H2,1-2H3,(H,28,32)/t15-,16-,18+,19+,20+,21+,22-/m1/s1. The molecule has 3 fully saturated rings. The lowest BCUT2D eigenvalue weighted by Gasteiger charge is -2.43. The van der Waals surface area contributed by atoms with Crippen molar-refractivity contribution in [2.75, 3.05) is 12.0 Å². The van der Waals surface area contributed by atoms with Gasteiger partial charge in [0.05, 0.1) is 29.7 Å². The predicted molar refractivity (Wildman–Crippen MR) is 135 cm³/mol. The van der Waals surface area contributed by atoms with Crippen LogP contribution in [0.25, 0.3) is 0 Å². The molecule has 6 nitrogen and oxygen atoms in total. The number of nitrogens with zero attached hydrogens (tertiary/aromatic N) is 1. The average Bonchev–Trinajstić information content (AvgIpc) is 3.59. The van der Waals surface area contributed by atoms with Gasteiger partial charge in [-0.15, -0.1) is 11.8 Å². The Morgan fingerprint density at radius 3 is 2.43 bits per heavy atom. The Kier molecular flexibility index (Phi) is 4.64. The molecule has 0 unspecified atom stereocenters. The number of benzene rings is 2. The Balaban J connectivity index is 1.34. The summed E-state index contributed by atoms with van der Waals surface area (Å²) in [6.07, 6.45) is 0.877. The van der Waals surface area contributed by atoms with Gasteiger partial charge in [0, 0.05) is 21.6 Å². The highest BCUT2D eigenvalue weighted by Gasteiger charge is 2.69. The van der Waals surface area contributed by atoms with Gasteiger partial charge >= 0.3 is 4.87 Å². The van der Waals surface area contributed by atoms with Gasteiger partial charge in [-0.1, -0.05) is 47.2 Å². The second-order valence-corrected chi connectivity index (χ2v) is 12.3. The Bertz CT molecular complexity index is 1430. The van der Waals surface area contributed by atoms with Crippen molar-refractivity contribution in [1.82, 2.24) is 4.98 Å². The number of para-hydroxylation sites is 1. The number of amides is 2. The molecule has 35 heavy (non-hydrogen) atoms. The van der Waals surface area contributed by atoms with Gasteiger partial charge in [-0.2, -0.15) is 0 Å². The van der Waals surface area contributed by atoms with Gasteiger partial charge in [0.1, 0.15) is 5.75 Å². The molecule has 1 N–H and O–H groups in total. The van der Waals surface area contributed by atoms with Crippen LogP contribution in [0.2, 0.25) is 0 Å². The lowest BCUT2D eigenvalue weighted by atomic mass is 9.68. The van der Waals surface area contributed by atoms with E-state index in [2.05, 4.69) is 11.1 Å². The van der Waals surface area contributed by atoms with Crippen molar-refractivity contribution < 1.29 is 14.3 Å². The SMILES string of the molecule is COc1ccccc1[C@@H]1c2sc(=O)[nH]c2S[C@@H]2[C@@H]3C[C@@H]([C@@H]4C(=O)N(c5ccc(C)cc5)C(=O)[C@@H]34)[C@@H]12. The summed E-state index contributed by atoms with van der Waals surface area (Å²) in [7, 11) is 1.67. The van der Waals surface area contributed by atoms with Crippen molar-refractivity contribution in [3.8, 4) is 5.75 Å². The summed E-state index contributed by atoms with van der Waals surface area (Å²) in [6.45, 7) is 2.00. The van der Waals surface area contributed by atoms with E-state index in [1.807, 2.05) is 49.4 Å². The topological polar surface area (TPSA) is 79.5 Å². The van der Waals surface area contributed by atoms with E-state index in [1.165, 1.54) is 16.2 Å². The Labute approximate surface area is 210 Å². The fourth-order valence-electron chi connectivity index (χ4n) is 7.24. The van der Waals surface area contributed by atoms with Crippen LogP contribution in [0.15, 0.2) is 58.4 Å². The second-order valence-electron chi connectivity index (χ2n) is 10.0. The van der Waals surface area contributed by atoms with Gasteiger partial charge in [-0.25, -0.2) is 0 Å². The van der Waals surface area contributed by atoms with E-state index >= 15 is 0 Å². The number of nitrogens with one attached hydrogen (secondary N) is 1. The third-order valence-corrected chi connectivity index (χ3v) is 11.1. The van der Waals surface area contributed by atoms with Crippen molar-refractivity contribution in [2.45, 2.75) is 29.5 Å². The van der Waals surface area contributed by atoms with Crippen LogP contribution in [0.4, 0.5) is 5.69 Å². The zero-order chi connectivity index (χ0) is 24.0. The number of fused-ring (bicyclic) bond motifs is 9. The molecule has 2 bridgehead atoms. The zero-order valence-corrected chi connectivity index (χ0v) is 20.9. The third-order valence-electron chi connectivity index (χ3n) is 8.49. The second kappa shape index (κ2) is 7.58. The number of imide groups is 1. The summed E-state index contributed by atoms with van der Waals surface area (Å²) in [5, 5.41) is 1.08. The molecular weight excluding hydrogens is 480 g/mol. The lowest BCUT2D eigenvalue weighted by Crippen LogP contribution is -2.42. The Hall–Kier alpha value is -2.84. The molecule has 2 saturated carbocycles. The minimum Gasteiger partial charge on any atom is -0.496 e. The maximum absolute atomic E-state index is 13.8. The normalized spacial score (nSPS) is 32.5. The summed E-state index contributed by atoms with van der Waals surface area (Å²) in [4.78, 5) is 45.3. The van der Waals surface area contributed by atoms with Crippen molar-refractivity contribution >= 4 is 40.6 Å². The Morgan fingerprint density at radius 2 is 1.69 bits per heavy atom. The summed E-state index contributed by atoms with van der Waals surface area (Å²) in [6, 6.07) is 15.6. The van der Waals surface area contributed by atoms with E-state index in [1.54, 1.807) is 18.9 Å². The molecule has 2 amide bonds. The number of carbonyl (C=O) groups excluding carboxylic acids is 2. The number of aromatic nitrogens is 1. The third kappa shape index (κ3) is 2.87. The minimum atomic E-state index is -0.301. The quantitative estimate of drug-likeness (QED) is 0.534. The van der Waals surface area contributed by atoms with E-state index in [-0.39, 0.29) is 57.4 Å². The lowest BCUT2D eigenvalue weighted by molar-refractivity contribution is -0.123. The minimum absolute atomic E-state index is 0.0383. The molecule has 2 aliphatic heterocycles. The highest BCUT2D eigenvalue weighted by atomic mass is 32.2. The highest BCUT2D eigenvalue weighted by molar-refractivity contribution is 8.00. The van der Waals surface area contributed by atoms with Gasteiger partial charge in [0.2, 0.25) is 11.8 Å². The molecule has 3 aromatic rings. The number of anilines is 1. The van der Waals surface area contributed by atoms with Crippen LogP contribution in [-0.2, 0) is 9.59 Å². The smallest absolute Gasteiger partial charge is 0.305 e. The predicted octanol–water partition coefficient (Wildman–Crippen LogP) is 4.43. The van der Waals surface area contributed by atoms with Crippen LogP contribution in [0, 0.1) is 36.5 Å². The van der Waals surface area contributed by atoms with E-state index in [9.17, 15) is 14.4 Å². The fraction of sp³-hybridized carbons (Fsp3) is 0.370. The highest BCUT2D eigenvalue weighted by Crippen LogP contribution is 2.69. The molecular formula is C27H24N2O4S2. The van der Waals surface area contributed by atoms with Crippen LogP contribution in [0.5, 0.6) is 5.75 Å². The van der Waals surface area contributed by atoms with Crippen molar-refractivity contribution in [2.24, 2.45) is 29.6 Å². The summed E-state index contributed by atoms with van der Waals surface area (Å²) in [5.74, 6) is 0.415. The first-order valence-electron chi connectivity index (χ1n) is 11.9. The number of carbonyl (C=O) groups is 2. The van der Waals surface area contributed by atoms with E-state index < -0.39 is 0 Å². The van der Waals surface area contributed by atoms with Gasteiger partial charge in [-0.05, 0) is 49.3 Å². The molecule has 0 radical (unpaired) electrons. The van der Waals surface area contributed by atoms with E-state index in [0.717, 1.165) is 33.2 Å². The molecule has 1 saturated heterocycles. The van der Waals surface area contributed by atoms with Crippen molar-refractivity contribution in [3.63, 3.8) is 0 Å². The van der Waals surface area contributed by atoms with Crippen molar-refractivity contribution in [1.29, 1.82) is 0 Å². The molecule has 2 aromatic carbocycles. The van der Waals surface area contributed by atoms with Gasteiger partial charge in [-0.3, -0.25) is 19.3 Å². The van der Waals surface area contributed by atoms with Crippen molar-refractivity contribution in [3.05, 3.63) is 74.2 Å². The first-order valence-corrected chi connectivity index (χ1v) is 13.6.